The second-order valence-electron chi connectivity index (χ2n) is 4.10. The van der Waals surface area contributed by atoms with Gasteiger partial charge in [-0.15, -0.1) is 0 Å². The molecule has 2 aromatic rings. The van der Waals surface area contributed by atoms with Crippen LogP contribution in [0.5, 0.6) is 0 Å². The number of hydrogen-bond donors (Lipinski definition) is 1. The van der Waals surface area contributed by atoms with Crippen LogP contribution in [-0.4, -0.2) is 13.1 Å². The van der Waals surface area contributed by atoms with Gasteiger partial charge in [-0.2, -0.15) is 0 Å². The molecule has 0 unspecified atom stereocenters. The van der Waals surface area contributed by atoms with Gasteiger partial charge in [0, 0.05) is 12.1 Å². The van der Waals surface area contributed by atoms with Gasteiger partial charge in [-0.25, -0.2) is 9.18 Å². The molecule has 1 aromatic carbocycles. The fourth-order valence-electron chi connectivity index (χ4n) is 1.70. The zero-order valence-corrected chi connectivity index (χ0v) is 10.7. The Balaban J connectivity index is 2.10. The van der Waals surface area contributed by atoms with Gasteiger partial charge in [-0.3, -0.25) is 0 Å². The fourth-order valence-corrected chi connectivity index (χ4v) is 1.70. The first kappa shape index (κ1) is 13.1. The molecule has 0 spiro atoms. The van der Waals surface area contributed by atoms with E-state index in [-0.39, 0.29) is 18.1 Å². The number of methoxy groups -OCH3 is 1. The first-order valence-corrected chi connectivity index (χ1v) is 5.76. The third-order valence-corrected chi connectivity index (χ3v) is 2.71. The summed E-state index contributed by atoms with van der Waals surface area (Å²) in [5.74, 6) is -0.753. The molecule has 0 bridgehead atoms. The minimum atomic E-state index is -0.550. The molecular formula is C14H14FNO3. The Hall–Kier alpha value is -2.30. The average Bonchev–Trinajstić information content (AvgIpc) is 2.85. The highest BCUT2D eigenvalue weighted by molar-refractivity contribution is 5.87. The molecule has 1 N–H and O–H groups in total. The minimum absolute atomic E-state index is 0.127. The number of carbonyl (C=O) groups is 1. The second kappa shape index (κ2) is 5.56. The van der Waals surface area contributed by atoms with Crippen LogP contribution in [0.15, 0.2) is 34.9 Å². The van der Waals surface area contributed by atoms with Gasteiger partial charge in [0.15, 0.2) is 0 Å². The predicted molar refractivity (Wildman–Crippen MR) is 68.5 cm³/mol. The molecular weight excluding hydrogens is 249 g/mol. The summed E-state index contributed by atoms with van der Waals surface area (Å²) in [5.41, 5.74) is 1.84. The molecule has 5 heteroatoms. The van der Waals surface area contributed by atoms with Gasteiger partial charge in [-0.1, -0.05) is 6.07 Å². The Morgan fingerprint density at radius 1 is 1.42 bits per heavy atom. The normalized spacial score (nSPS) is 10.3. The molecule has 4 nitrogen and oxygen atoms in total. The topological polar surface area (TPSA) is 51.5 Å². The van der Waals surface area contributed by atoms with Crippen LogP contribution in [0, 0.1) is 12.7 Å². The number of anilines is 1. The van der Waals surface area contributed by atoms with Crippen LogP contribution in [0.25, 0.3) is 0 Å². The maximum atomic E-state index is 13.6. The number of furan rings is 1. The number of rotatable bonds is 4. The number of carbonyl (C=O) groups excluding carboxylic acids is 1. The molecule has 0 radical (unpaired) electrons. The Labute approximate surface area is 110 Å². The second-order valence-corrected chi connectivity index (χ2v) is 4.10. The van der Waals surface area contributed by atoms with Crippen LogP contribution >= 0.6 is 0 Å². The van der Waals surface area contributed by atoms with Crippen LogP contribution in [-0.2, 0) is 11.3 Å². The quantitative estimate of drug-likeness (QED) is 0.861. The van der Waals surface area contributed by atoms with Crippen molar-refractivity contribution in [2.45, 2.75) is 13.5 Å². The maximum Gasteiger partial charge on any atom is 0.374 e. The number of aryl methyl sites for hydroxylation is 1. The fraction of sp³-hybridized carbons (Fsp3) is 0.214. The largest absolute Gasteiger partial charge is 0.463 e. The van der Waals surface area contributed by atoms with Gasteiger partial charge >= 0.3 is 5.97 Å². The van der Waals surface area contributed by atoms with Crippen molar-refractivity contribution in [3.8, 4) is 0 Å². The summed E-state index contributed by atoms with van der Waals surface area (Å²) in [5, 5.41) is 2.92. The van der Waals surface area contributed by atoms with Crippen LogP contribution in [0.4, 0.5) is 10.1 Å². The molecule has 0 fully saturated rings. The van der Waals surface area contributed by atoms with Crippen molar-refractivity contribution in [2.24, 2.45) is 0 Å². The van der Waals surface area contributed by atoms with Crippen LogP contribution in [0.3, 0.4) is 0 Å². The number of benzene rings is 1. The van der Waals surface area contributed by atoms with E-state index in [1.54, 1.807) is 12.1 Å². The summed E-state index contributed by atoms with van der Waals surface area (Å²) < 4.78 is 23.3. The molecule has 0 aliphatic heterocycles. The summed E-state index contributed by atoms with van der Waals surface area (Å²) in [6, 6.07) is 6.55. The third-order valence-electron chi connectivity index (χ3n) is 2.71. The monoisotopic (exact) mass is 263 g/mol. The van der Waals surface area contributed by atoms with E-state index in [1.807, 2.05) is 13.0 Å². The van der Waals surface area contributed by atoms with E-state index in [0.717, 1.165) is 5.56 Å². The molecule has 0 amide bonds. The zero-order valence-electron chi connectivity index (χ0n) is 10.7. The molecule has 19 heavy (non-hydrogen) atoms. The number of nitrogens with one attached hydrogen (secondary N) is 1. The van der Waals surface area contributed by atoms with Gasteiger partial charge in [0.2, 0.25) is 5.76 Å². The Morgan fingerprint density at radius 3 is 2.89 bits per heavy atom. The van der Waals surface area contributed by atoms with E-state index in [4.69, 9.17) is 4.42 Å². The van der Waals surface area contributed by atoms with Gasteiger partial charge < -0.3 is 14.5 Å². The lowest BCUT2D eigenvalue weighted by atomic mass is 10.2. The van der Waals surface area contributed by atoms with E-state index >= 15 is 0 Å². The molecule has 2 rings (SSSR count). The predicted octanol–water partition coefficient (Wildman–Crippen LogP) is 3.13. The van der Waals surface area contributed by atoms with Crippen molar-refractivity contribution < 1.29 is 18.3 Å². The number of esters is 1. The van der Waals surface area contributed by atoms with Crippen molar-refractivity contribution in [3.05, 3.63) is 53.2 Å². The number of halogens is 1. The third kappa shape index (κ3) is 2.93. The zero-order chi connectivity index (χ0) is 13.8. The van der Waals surface area contributed by atoms with Crippen LogP contribution in [0.2, 0.25) is 0 Å². The lowest BCUT2D eigenvalue weighted by Crippen LogP contribution is -2.07. The molecule has 100 valence electrons. The first-order valence-electron chi connectivity index (χ1n) is 5.76. The number of hydrogen-bond acceptors (Lipinski definition) is 4. The maximum absolute atomic E-state index is 13.6. The molecule has 1 heterocycles. The summed E-state index contributed by atoms with van der Waals surface area (Å²) >= 11 is 0. The minimum Gasteiger partial charge on any atom is -0.463 e. The van der Waals surface area contributed by atoms with Crippen LogP contribution < -0.4 is 5.32 Å². The Kier molecular flexibility index (Phi) is 3.85. The SMILES string of the molecule is COC(=O)c1occc1CNc1ccc(C)cc1F. The van der Waals surface area contributed by atoms with Crippen molar-refractivity contribution in [1.29, 1.82) is 0 Å². The van der Waals surface area contributed by atoms with Crippen LogP contribution in [0.1, 0.15) is 21.7 Å². The molecule has 0 saturated carbocycles. The Morgan fingerprint density at radius 2 is 2.21 bits per heavy atom. The van der Waals surface area contributed by atoms with E-state index in [2.05, 4.69) is 10.1 Å². The smallest absolute Gasteiger partial charge is 0.374 e. The van der Waals surface area contributed by atoms with E-state index in [0.29, 0.717) is 11.3 Å². The van der Waals surface area contributed by atoms with Crippen molar-refractivity contribution >= 4 is 11.7 Å². The number of ether oxygens (including phenoxy) is 1. The van der Waals surface area contributed by atoms with Crippen molar-refractivity contribution in [1.82, 2.24) is 0 Å². The van der Waals surface area contributed by atoms with E-state index < -0.39 is 5.97 Å². The van der Waals surface area contributed by atoms with E-state index in [9.17, 15) is 9.18 Å². The van der Waals surface area contributed by atoms with Gasteiger partial charge in [0.25, 0.3) is 0 Å². The molecule has 0 aliphatic carbocycles. The highest BCUT2D eigenvalue weighted by Gasteiger charge is 2.15. The summed E-state index contributed by atoms with van der Waals surface area (Å²) in [4.78, 5) is 11.4. The van der Waals surface area contributed by atoms with Crippen molar-refractivity contribution in [2.75, 3.05) is 12.4 Å². The standard InChI is InChI=1S/C14H14FNO3/c1-9-3-4-12(11(15)7-9)16-8-10-5-6-19-13(10)14(17)18-2/h3-7,16H,8H2,1-2H3. The first-order chi connectivity index (χ1) is 9.11. The molecule has 0 atom stereocenters. The summed E-state index contributed by atoms with van der Waals surface area (Å²) in [6.45, 7) is 2.10. The molecule has 1 aromatic heterocycles. The summed E-state index contributed by atoms with van der Waals surface area (Å²) in [7, 11) is 1.28. The summed E-state index contributed by atoms with van der Waals surface area (Å²) in [6.07, 6.45) is 1.40. The van der Waals surface area contributed by atoms with E-state index in [1.165, 1.54) is 19.4 Å². The van der Waals surface area contributed by atoms with Gasteiger partial charge in [0.1, 0.15) is 5.82 Å². The highest BCUT2D eigenvalue weighted by Crippen LogP contribution is 2.18. The van der Waals surface area contributed by atoms with Gasteiger partial charge in [0.05, 0.1) is 19.1 Å². The molecule has 0 saturated heterocycles. The lowest BCUT2D eigenvalue weighted by molar-refractivity contribution is 0.0563. The van der Waals surface area contributed by atoms with Crippen molar-refractivity contribution in [3.63, 3.8) is 0 Å². The highest BCUT2D eigenvalue weighted by atomic mass is 19.1. The Bertz CT molecular complexity index is 592. The molecule has 0 aliphatic rings. The van der Waals surface area contributed by atoms with Gasteiger partial charge in [-0.05, 0) is 30.7 Å². The lowest BCUT2D eigenvalue weighted by Gasteiger charge is -2.07. The average molecular weight is 263 g/mol.